The number of hydrogen-bond acceptors (Lipinski definition) is 13. The number of carbonyl (C=O) groups excluding carboxylic acids is 5. The lowest BCUT2D eigenvalue weighted by atomic mass is 9.88. The van der Waals surface area contributed by atoms with Crippen LogP contribution in [0.25, 0.3) is 0 Å². The summed E-state index contributed by atoms with van der Waals surface area (Å²) in [5.74, 6) is 0.752. The highest BCUT2D eigenvalue weighted by Gasteiger charge is 2.36. The average Bonchev–Trinajstić information content (AvgIpc) is 3.95. The van der Waals surface area contributed by atoms with E-state index in [-0.39, 0.29) is 71.8 Å². The van der Waals surface area contributed by atoms with E-state index in [0.717, 1.165) is 108 Å². The molecule has 5 amide bonds. The first-order valence-corrected chi connectivity index (χ1v) is 28.8. The lowest BCUT2D eigenvalue weighted by Crippen LogP contribution is -2.57. The van der Waals surface area contributed by atoms with Crippen molar-refractivity contribution < 1.29 is 37.1 Å². The third-order valence-corrected chi connectivity index (χ3v) is 17.5. The Bertz CT molecular complexity index is 2600. The second-order valence-corrected chi connectivity index (χ2v) is 23.7. The number of urea groups is 2. The van der Waals surface area contributed by atoms with Crippen LogP contribution < -0.4 is 21.3 Å². The molecule has 4 N–H and O–H groups in total. The van der Waals surface area contributed by atoms with E-state index in [0.29, 0.717) is 75.8 Å². The molecule has 0 spiro atoms. The predicted molar refractivity (Wildman–Crippen MR) is 298 cm³/mol. The van der Waals surface area contributed by atoms with Crippen molar-refractivity contribution in [3.05, 3.63) is 92.4 Å². The van der Waals surface area contributed by atoms with Crippen LogP contribution in [0.5, 0.6) is 0 Å². The molecule has 77 heavy (non-hydrogen) atoms. The summed E-state index contributed by atoms with van der Waals surface area (Å²) in [6, 6.07) is 12.7. The number of piperidine rings is 4. The first-order chi connectivity index (χ1) is 36.9. The molecule has 16 nitrogen and oxygen atoms in total. The summed E-state index contributed by atoms with van der Waals surface area (Å²) in [6.45, 7) is 15.0. The third-order valence-electron chi connectivity index (χ3n) is 15.1. The van der Waals surface area contributed by atoms with Crippen molar-refractivity contribution in [3.63, 3.8) is 0 Å². The number of thiazole rings is 2. The zero-order valence-electron chi connectivity index (χ0n) is 45.6. The molecule has 4 aromatic rings. The highest BCUT2D eigenvalue weighted by atomic mass is 32.1. The molecule has 4 aliphatic rings. The van der Waals surface area contributed by atoms with Crippen molar-refractivity contribution in [1.29, 1.82) is 0 Å². The highest BCUT2D eigenvalue weighted by molar-refractivity contribution is 7.18. The standard InChI is InChI=1S/C29H41FN6O3S.C27H37F2N5O2S/c1-19-27(20(2)37)40-29(31-19)33-28(39)32-25-11-13-36(26(38)18-34(3)4)17-23(25)16-35-12-5-6-22(15-35)14-21-7-9-24(30)10-8-21;1-18-25(19(2)35)37-27(30-18)32-26(36)31-24-9-12-33(13-10-28)16-22(24)17-34-11-3-4-21(15-34)14-20-5-7-23(29)8-6-20/h7-10,22-23,25H,5-6,11-18H2,1-4H3,(H2,31,32,33,39);5-8,21-22,24H,3-4,9-17H2,1-2H3,(H2,30,31,32,36)/t22-,23+,25+;21-,22-,24+/m00/s1. The van der Waals surface area contributed by atoms with Crippen LogP contribution in [0, 0.1) is 49.2 Å². The molecule has 0 bridgehead atoms. The minimum atomic E-state index is -0.378. The van der Waals surface area contributed by atoms with Crippen LogP contribution >= 0.6 is 22.7 Å². The quantitative estimate of drug-likeness (QED) is 0.0708. The summed E-state index contributed by atoms with van der Waals surface area (Å²) in [4.78, 5) is 82.8. The summed E-state index contributed by atoms with van der Waals surface area (Å²) < 4.78 is 39.7. The zero-order valence-corrected chi connectivity index (χ0v) is 47.2. The van der Waals surface area contributed by atoms with Crippen molar-refractivity contribution in [2.75, 3.05) is 110 Å². The Hall–Kier alpha value is -5.32. The number of likely N-dealkylation sites (tertiary alicyclic amines) is 4. The van der Waals surface area contributed by atoms with Gasteiger partial charge in [-0.2, -0.15) is 0 Å². The molecule has 4 saturated heterocycles. The van der Waals surface area contributed by atoms with Gasteiger partial charge in [-0.05, 0) is 140 Å². The van der Waals surface area contributed by atoms with Crippen molar-refractivity contribution in [2.45, 2.75) is 91.1 Å². The number of amides is 5. The first-order valence-electron chi connectivity index (χ1n) is 27.1. The minimum Gasteiger partial charge on any atom is -0.341 e. The van der Waals surface area contributed by atoms with Gasteiger partial charge in [0.25, 0.3) is 0 Å². The summed E-state index contributed by atoms with van der Waals surface area (Å²) in [6.07, 6.45) is 7.72. The molecule has 0 saturated carbocycles. The van der Waals surface area contributed by atoms with Crippen LogP contribution in [-0.2, 0) is 17.6 Å². The van der Waals surface area contributed by atoms with E-state index >= 15 is 0 Å². The predicted octanol–water partition coefficient (Wildman–Crippen LogP) is 8.18. The number of hydrogen-bond donors (Lipinski definition) is 4. The molecule has 4 aliphatic heterocycles. The van der Waals surface area contributed by atoms with Gasteiger partial charge in [0.1, 0.15) is 18.3 Å². The molecule has 2 aromatic carbocycles. The Balaban J connectivity index is 0.000000224. The number of halogens is 3. The average molecular weight is 1110 g/mol. The SMILES string of the molecule is CC(=O)c1sc(NC(=O)N[C@@H]2CCN(C(=O)CN(C)C)C[C@H]2CN2CCC[C@@H](Cc3ccc(F)cc3)C2)nc1C.CC(=O)c1sc(NC(=O)N[C@@H]2CCN(CCF)C[C@H]2CN2CCC[C@@H](Cc3ccc(F)cc3)C2)nc1C. The Kier molecular flexibility index (Phi) is 22.0. The van der Waals surface area contributed by atoms with E-state index in [1.807, 2.05) is 48.2 Å². The maximum atomic E-state index is 13.4. The second-order valence-electron chi connectivity index (χ2n) is 21.8. The lowest BCUT2D eigenvalue weighted by Gasteiger charge is -2.43. The summed E-state index contributed by atoms with van der Waals surface area (Å²) in [5.41, 5.74) is 3.53. The van der Waals surface area contributed by atoms with Crippen molar-refractivity contribution in [2.24, 2.45) is 23.7 Å². The molecule has 6 heterocycles. The number of likely N-dealkylation sites (N-methyl/N-ethyl adjacent to an activating group) is 1. The van der Waals surface area contributed by atoms with Gasteiger partial charge < -0.3 is 35.1 Å². The van der Waals surface area contributed by atoms with Gasteiger partial charge in [-0.15, -0.1) is 0 Å². The fourth-order valence-corrected chi connectivity index (χ4v) is 13.2. The van der Waals surface area contributed by atoms with Gasteiger partial charge in [0.15, 0.2) is 21.8 Å². The Labute approximate surface area is 459 Å². The third kappa shape index (κ3) is 18.1. The molecule has 0 radical (unpaired) electrons. The van der Waals surface area contributed by atoms with Crippen molar-refractivity contribution in [1.82, 2.24) is 45.1 Å². The molecule has 8 rings (SSSR count). The van der Waals surface area contributed by atoms with Gasteiger partial charge in [0.05, 0.1) is 27.7 Å². The summed E-state index contributed by atoms with van der Waals surface area (Å²) in [5, 5.41) is 12.7. The van der Waals surface area contributed by atoms with E-state index in [1.54, 1.807) is 13.8 Å². The number of ketones is 2. The highest BCUT2D eigenvalue weighted by Crippen LogP contribution is 2.29. The number of nitrogens with one attached hydrogen (secondary N) is 4. The number of aromatic nitrogens is 2. The number of nitrogens with zero attached hydrogens (tertiary/aromatic N) is 7. The molecule has 0 aliphatic carbocycles. The van der Waals surface area contributed by atoms with Crippen LogP contribution in [0.2, 0.25) is 0 Å². The number of rotatable bonds is 18. The van der Waals surface area contributed by atoms with Crippen LogP contribution in [0.15, 0.2) is 48.5 Å². The monoisotopic (exact) mass is 1110 g/mol. The number of anilines is 2. The molecular formula is C56H78F3N11O5S2. The van der Waals surface area contributed by atoms with Crippen LogP contribution in [-0.4, -0.2) is 175 Å². The van der Waals surface area contributed by atoms with Gasteiger partial charge in [0, 0.05) is 96.7 Å². The summed E-state index contributed by atoms with van der Waals surface area (Å²) in [7, 11) is 3.78. The van der Waals surface area contributed by atoms with E-state index in [2.05, 4.69) is 45.9 Å². The van der Waals surface area contributed by atoms with Crippen LogP contribution in [0.1, 0.15) is 94.2 Å². The van der Waals surface area contributed by atoms with E-state index in [1.165, 1.54) is 60.8 Å². The van der Waals surface area contributed by atoms with Gasteiger partial charge in [0.2, 0.25) is 5.91 Å². The number of carbonyl (C=O) groups is 5. The molecule has 6 atom stereocenters. The number of benzene rings is 2. The topological polar surface area (TPSA) is 175 Å². The summed E-state index contributed by atoms with van der Waals surface area (Å²) >= 11 is 2.36. The molecule has 4 fully saturated rings. The van der Waals surface area contributed by atoms with Gasteiger partial charge in [-0.25, -0.2) is 32.7 Å². The Morgan fingerprint density at radius 3 is 1.51 bits per heavy atom. The van der Waals surface area contributed by atoms with Gasteiger partial charge in [-0.3, -0.25) is 25.0 Å². The molecule has 420 valence electrons. The molecular weight excluding hydrogens is 1030 g/mol. The zero-order chi connectivity index (χ0) is 55.2. The fourth-order valence-electron chi connectivity index (χ4n) is 11.5. The Morgan fingerprint density at radius 2 is 1.08 bits per heavy atom. The number of alkyl halides is 1. The maximum Gasteiger partial charge on any atom is 0.321 e. The lowest BCUT2D eigenvalue weighted by molar-refractivity contribution is -0.134. The molecule has 2 aromatic heterocycles. The normalized spacial score (nSPS) is 22.4. The fraction of sp³-hybridized carbons (Fsp3) is 0.589. The second kappa shape index (κ2) is 28.5. The minimum absolute atomic E-state index is 0.0401. The van der Waals surface area contributed by atoms with Gasteiger partial charge in [-0.1, -0.05) is 46.9 Å². The Morgan fingerprint density at radius 1 is 0.623 bits per heavy atom. The van der Waals surface area contributed by atoms with E-state index in [9.17, 15) is 37.1 Å². The molecule has 21 heteroatoms. The van der Waals surface area contributed by atoms with E-state index < -0.39 is 0 Å². The van der Waals surface area contributed by atoms with Crippen LogP contribution in [0.4, 0.5) is 33.0 Å². The van der Waals surface area contributed by atoms with Crippen molar-refractivity contribution in [3.8, 4) is 0 Å². The van der Waals surface area contributed by atoms with E-state index in [4.69, 9.17) is 0 Å². The van der Waals surface area contributed by atoms with Gasteiger partial charge >= 0.3 is 12.1 Å². The largest absolute Gasteiger partial charge is 0.341 e. The maximum absolute atomic E-state index is 13.4. The number of Topliss-reactive ketones (excluding diaryl/α,β-unsaturated/α-hetero) is 2. The van der Waals surface area contributed by atoms with Crippen LogP contribution in [0.3, 0.4) is 0 Å². The number of aryl methyl sites for hydroxylation is 2. The first kappa shape index (κ1) is 59.3. The molecule has 0 unspecified atom stereocenters. The van der Waals surface area contributed by atoms with Crippen molar-refractivity contribution >= 4 is 62.5 Å². The smallest absolute Gasteiger partial charge is 0.321 e.